The van der Waals surface area contributed by atoms with Crippen LogP contribution in [0.25, 0.3) is 0 Å². The molecule has 1 aromatic rings. The van der Waals surface area contributed by atoms with Crippen LogP contribution in [0.3, 0.4) is 0 Å². The van der Waals surface area contributed by atoms with Gasteiger partial charge in [-0.15, -0.1) is 0 Å². The van der Waals surface area contributed by atoms with Crippen LogP contribution in [0.2, 0.25) is 0 Å². The van der Waals surface area contributed by atoms with E-state index in [-0.39, 0.29) is 5.41 Å². The summed E-state index contributed by atoms with van der Waals surface area (Å²) in [6.45, 7) is 13.8. The Bertz CT molecular complexity index is 593. The van der Waals surface area contributed by atoms with Gasteiger partial charge in [-0.1, -0.05) is 71.1 Å². The molecule has 0 heteroatoms. The van der Waals surface area contributed by atoms with Crippen molar-refractivity contribution in [2.45, 2.75) is 72.6 Å². The molecule has 0 heterocycles. The minimum Gasteiger partial charge on any atom is -0.0697 e. The van der Waals surface area contributed by atoms with Crippen molar-refractivity contribution in [1.82, 2.24) is 0 Å². The molecule has 0 radical (unpaired) electrons. The van der Waals surface area contributed by atoms with Gasteiger partial charge in [0, 0.05) is 5.56 Å². The standard InChI is InChI=1S/C23H32/c1-22(2,3)20-14-10-18(11-15-20)8-7-9-19-12-16-21(17-13-19)23(4,5)6/h8,12-13,16-17,20H,10-11,14-15H2,1-6H3. The summed E-state index contributed by atoms with van der Waals surface area (Å²) < 4.78 is 0. The van der Waals surface area contributed by atoms with E-state index in [0.717, 1.165) is 11.5 Å². The molecule has 0 N–H and O–H groups in total. The molecular formula is C23H32. The zero-order valence-electron chi connectivity index (χ0n) is 15.8. The first-order valence-corrected chi connectivity index (χ1v) is 8.96. The second-order valence-corrected chi connectivity index (χ2v) is 9.04. The lowest BCUT2D eigenvalue weighted by Crippen LogP contribution is -2.23. The van der Waals surface area contributed by atoms with Crippen molar-refractivity contribution in [3.63, 3.8) is 0 Å². The second-order valence-electron chi connectivity index (χ2n) is 9.04. The maximum absolute atomic E-state index is 3.29. The van der Waals surface area contributed by atoms with Crippen molar-refractivity contribution in [3.05, 3.63) is 47.0 Å². The van der Waals surface area contributed by atoms with Gasteiger partial charge in [0.2, 0.25) is 0 Å². The normalized spacial score (nSPS) is 19.0. The van der Waals surface area contributed by atoms with E-state index in [4.69, 9.17) is 0 Å². The molecule has 124 valence electrons. The van der Waals surface area contributed by atoms with Crippen molar-refractivity contribution in [3.8, 4) is 11.8 Å². The largest absolute Gasteiger partial charge is 0.0697 e. The third-order valence-electron chi connectivity index (χ3n) is 5.10. The fourth-order valence-corrected chi connectivity index (χ4v) is 3.27. The Morgan fingerprint density at radius 2 is 1.48 bits per heavy atom. The molecule has 0 aromatic heterocycles. The number of benzene rings is 1. The van der Waals surface area contributed by atoms with E-state index in [1.807, 2.05) is 0 Å². The van der Waals surface area contributed by atoms with Crippen molar-refractivity contribution in [2.75, 3.05) is 0 Å². The second kappa shape index (κ2) is 6.96. The van der Waals surface area contributed by atoms with Gasteiger partial charge in [0.1, 0.15) is 0 Å². The van der Waals surface area contributed by atoms with Crippen LogP contribution in [0.5, 0.6) is 0 Å². The van der Waals surface area contributed by atoms with Crippen LogP contribution in [0.15, 0.2) is 35.9 Å². The number of allylic oxidation sites excluding steroid dienone is 2. The van der Waals surface area contributed by atoms with Crippen LogP contribution in [0, 0.1) is 23.2 Å². The van der Waals surface area contributed by atoms with Crippen LogP contribution in [0.4, 0.5) is 0 Å². The van der Waals surface area contributed by atoms with E-state index < -0.39 is 0 Å². The van der Waals surface area contributed by atoms with Crippen molar-refractivity contribution in [2.24, 2.45) is 11.3 Å². The molecule has 1 aliphatic carbocycles. The Morgan fingerprint density at radius 1 is 0.913 bits per heavy atom. The molecule has 0 saturated heterocycles. The van der Waals surface area contributed by atoms with Gasteiger partial charge < -0.3 is 0 Å². The molecule has 0 spiro atoms. The maximum atomic E-state index is 3.29. The van der Waals surface area contributed by atoms with Gasteiger partial charge in [-0.3, -0.25) is 0 Å². The van der Waals surface area contributed by atoms with Gasteiger partial charge in [-0.05, 0) is 66.2 Å². The summed E-state index contributed by atoms with van der Waals surface area (Å²) in [5.74, 6) is 7.42. The van der Waals surface area contributed by atoms with Crippen molar-refractivity contribution >= 4 is 0 Å². The summed E-state index contributed by atoms with van der Waals surface area (Å²) in [4.78, 5) is 0. The van der Waals surface area contributed by atoms with Gasteiger partial charge >= 0.3 is 0 Å². The highest BCUT2D eigenvalue weighted by molar-refractivity contribution is 5.40. The summed E-state index contributed by atoms with van der Waals surface area (Å²) in [6, 6.07) is 8.68. The molecule has 2 rings (SSSR count). The summed E-state index contributed by atoms with van der Waals surface area (Å²) in [7, 11) is 0. The Morgan fingerprint density at radius 3 is 1.96 bits per heavy atom. The van der Waals surface area contributed by atoms with Crippen LogP contribution < -0.4 is 0 Å². The summed E-state index contributed by atoms with van der Waals surface area (Å²) in [5, 5.41) is 0. The minimum absolute atomic E-state index is 0.208. The maximum Gasteiger partial charge on any atom is 0.0249 e. The molecule has 0 aliphatic heterocycles. The third-order valence-corrected chi connectivity index (χ3v) is 5.10. The zero-order valence-corrected chi connectivity index (χ0v) is 15.8. The average molecular weight is 309 g/mol. The fourth-order valence-electron chi connectivity index (χ4n) is 3.27. The lowest BCUT2D eigenvalue weighted by atomic mass is 9.71. The molecule has 0 unspecified atom stereocenters. The van der Waals surface area contributed by atoms with E-state index >= 15 is 0 Å². The fraction of sp³-hybridized carbons (Fsp3) is 0.565. The number of hydrogen-bond donors (Lipinski definition) is 0. The summed E-state index contributed by atoms with van der Waals surface area (Å²) in [5.41, 5.74) is 4.66. The molecule has 1 saturated carbocycles. The Kier molecular flexibility index (Phi) is 5.41. The predicted octanol–water partition coefficient (Wildman–Crippen LogP) is 6.50. The lowest BCUT2D eigenvalue weighted by Gasteiger charge is -2.34. The van der Waals surface area contributed by atoms with Gasteiger partial charge in [-0.25, -0.2) is 0 Å². The first kappa shape index (κ1) is 17.9. The number of hydrogen-bond acceptors (Lipinski definition) is 0. The molecule has 0 nitrogen and oxygen atoms in total. The van der Waals surface area contributed by atoms with E-state index in [1.165, 1.54) is 36.8 Å². The molecule has 0 atom stereocenters. The topological polar surface area (TPSA) is 0 Å². The minimum atomic E-state index is 0.208. The molecular weight excluding hydrogens is 276 g/mol. The van der Waals surface area contributed by atoms with Crippen LogP contribution in [-0.2, 0) is 5.41 Å². The molecule has 23 heavy (non-hydrogen) atoms. The van der Waals surface area contributed by atoms with E-state index in [1.54, 1.807) is 0 Å². The molecule has 1 fully saturated rings. The monoisotopic (exact) mass is 308 g/mol. The molecule has 0 amide bonds. The quantitative estimate of drug-likeness (QED) is 0.480. The van der Waals surface area contributed by atoms with E-state index in [0.29, 0.717) is 5.41 Å². The number of rotatable bonds is 0. The molecule has 1 aliphatic rings. The zero-order chi connectivity index (χ0) is 17.1. The smallest absolute Gasteiger partial charge is 0.0249 e. The van der Waals surface area contributed by atoms with Gasteiger partial charge in [0.15, 0.2) is 0 Å². The Balaban J connectivity index is 1.96. The SMILES string of the molecule is CC(C)(C)c1ccc(C#CC=C2CCC(C(C)(C)C)CC2)cc1. The first-order chi connectivity index (χ1) is 10.7. The highest BCUT2D eigenvalue weighted by Gasteiger charge is 2.27. The van der Waals surface area contributed by atoms with Crippen molar-refractivity contribution in [1.29, 1.82) is 0 Å². The average Bonchev–Trinajstić information content (AvgIpc) is 2.46. The van der Waals surface area contributed by atoms with Crippen LogP contribution in [-0.4, -0.2) is 0 Å². The predicted molar refractivity (Wildman–Crippen MR) is 102 cm³/mol. The van der Waals surface area contributed by atoms with E-state index in [2.05, 4.69) is 83.7 Å². The Labute approximate surface area is 143 Å². The van der Waals surface area contributed by atoms with Gasteiger partial charge in [0.05, 0.1) is 0 Å². The summed E-state index contributed by atoms with van der Waals surface area (Å²) >= 11 is 0. The van der Waals surface area contributed by atoms with E-state index in [9.17, 15) is 0 Å². The van der Waals surface area contributed by atoms with Crippen molar-refractivity contribution < 1.29 is 0 Å². The van der Waals surface area contributed by atoms with Gasteiger partial charge in [-0.2, -0.15) is 0 Å². The van der Waals surface area contributed by atoms with Crippen LogP contribution >= 0.6 is 0 Å². The Hall–Kier alpha value is -1.48. The lowest BCUT2D eigenvalue weighted by molar-refractivity contribution is 0.197. The summed E-state index contributed by atoms with van der Waals surface area (Å²) in [6.07, 6.45) is 7.24. The first-order valence-electron chi connectivity index (χ1n) is 8.96. The van der Waals surface area contributed by atoms with Crippen LogP contribution in [0.1, 0.15) is 78.4 Å². The molecule has 1 aromatic carbocycles. The molecule has 0 bridgehead atoms. The highest BCUT2D eigenvalue weighted by Crippen LogP contribution is 2.39. The highest BCUT2D eigenvalue weighted by atomic mass is 14.3. The van der Waals surface area contributed by atoms with Gasteiger partial charge in [0.25, 0.3) is 0 Å². The third kappa shape index (κ3) is 5.28.